The molecule has 0 fully saturated rings. The van der Waals surface area contributed by atoms with Crippen LogP contribution in [0, 0.1) is 0 Å². The van der Waals surface area contributed by atoms with Crippen LogP contribution in [0.2, 0.25) is 0 Å². The first-order chi connectivity index (χ1) is 10.6. The quantitative estimate of drug-likeness (QED) is 0.349. The summed E-state index contributed by atoms with van der Waals surface area (Å²) >= 11 is 0. The minimum atomic E-state index is -2.16. The van der Waals surface area contributed by atoms with Gasteiger partial charge in [0.25, 0.3) is 5.79 Å². The van der Waals surface area contributed by atoms with Crippen molar-refractivity contribution in [2.45, 2.75) is 57.0 Å². The first-order valence-electron chi connectivity index (χ1n) is 7.15. The zero-order chi connectivity index (χ0) is 17.8. The highest BCUT2D eigenvalue weighted by Gasteiger charge is 2.49. The molecule has 0 saturated heterocycles. The van der Waals surface area contributed by atoms with Gasteiger partial charge < -0.3 is 35.2 Å². The molecule has 1 aliphatic heterocycles. The number of carboxylic acid groups (broad SMARTS) is 1. The lowest BCUT2D eigenvalue weighted by atomic mass is 9.96. The van der Waals surface area contributed by atoms with E-state index in [9.17, 15) is 24.9 Å². The largest absolute Gasteiger partial charge is 0.477 e. The van der Waals surface area contributed by atoms with Gasteiger partial charge in [-0.25, -0.2) is 4.79 Å². The van der Waals surface area contributed by atoms with Gasteiger partial charge in [-0.1, -0.05) is 6.08 Å². The van der Waals surface area contributed by atoms with Crippen molar-refractivity contribution in [3.8, 4) is 0 Å². The van der Waals surface area contributed by atoms with Crippen LogP contribution in [0.4, 0.5) is 0 Å². The summed E-state index contributed by atoms with van der Waals surface area (Å²) in [6, 6.07) is -0.896. The fraction of sp³-hybridized carbons (Fsp3) is 0.714. The van der Waals surface area contributed by atoms with E-state index in [1.54, 1.807) is 13.8 Å². The fourth-order valence-electron chi connectivity index (χ4n) is 2.22. The van der Waals surface area contributed by atoms with E-state index < -0.39 is 54.7 Å². The normalized spacial score (nSPS) is 30.0. The molecule has 1 unspecified atom stereocenters. The van der Waals surface area contributed by atoms with Crippen LogP contribution in [0.5, 0.6) is 0 Å². The molecule has 0 saturated carbocycles. The van der Waals surface area contributed by atoms with E-state index in [1.807, 2.05) is 0 Å². The molecule has 1 amide bonds. The third-order valence-corrected chi connectivity index (χ3v) is 3.18. The number of carbonyl (C=O) groups is 2. The van der Waals surface area contributed by atoms with Crippen LogP contribution >= 0.6 is 0 Å². The Morgan fingerprint density at radius 1 is 1.39 bits per heavy atom. The zero-order valence-corrected chi connectivity index (χ0v) is 13.2. The number of carboxylic acids is 1. The Hall–Kier alpha value is -1.52. The number of ether oxygens (including phenoxy) is 2. The van der Waals surface area contributed by atoms with Gasteiger partial charge in [0.1, 0.15) is 18.3 Å². The summed E-state index contributed by atoms with van der Waals surface area (Å²) in [5.41, 5.74) is 0. The van der Waals surface area contributed by atoms with Gasteiger partial charge in [0, 0.05) is 6.92 Å². The molecule has 0 aromatic rings. The Morgan fingerprint density at radius 3 is 2.43 bits per heavy atom. The lowest BCUT2D eigenvalue weighted by molar-refractivity contribution is -0.271. The molecular weight excluding hydrogens is 310 g/mol. The molecule has 1 aliphatic rings. The summed E-state index contributed by atoms with van der Waals surface area (Å²) in [5.74, 6) is -4.05. The van der Waals surface area contributed by atoms with Crippen LogP contribution in [-0.4, -0.2) is 75.2 Å². The average Bonchev–Trinajstić information content (AvgIpc) is 2.46. The van der Waals surface area contributed by atoms with Gasteiger partial charge in [0.15, 0.2) is 0 Å². The predicted molar refractivity (Wildman–Crippen MR) is 77.3 cm³/mol. The van der Waals surface area contributed by atoms with Crippen molar-refractivity contribution in [1.29, 1.82) is 0 Å². The summed E-state index contributed by atoms with van der Waals surface area (Å²) in [5, 5.41) is 40.6. The Morgan fingerprint density at radius 2 is 2.00 bits per heavy atom. The minimum Gasteiger partial charge on any atom is -0.477 e. The molecule has 0 spiro atoms. The molecule has 9 heteroatoms. The van der Waals surface area contributed by atoms with E-state index in [2.05, 4.69) is 5.32 Å². The van der Waals surface area contributed by atoms with E-state index >= 15 is 0 Å². The van der Waals surface area contributed by atoms with Crippen molar-refractivity contribution < 1.29 is 39.5 Å². The molecular formula is C14H23NO8. The van der Waals surface area contributed by atoms with Gasteiger partial charge in [-0.15, -0.1) is 0 Å². The Kier molecular flexibility index (Phi) is 6.66. The monoisotopic (exact) mass is 333 g/mol. The van der Waals surface area contributed by atoms with Gasteiger partial charge in [-0.2, -0.15) is 0 Å². The van der Waals surface area contributed by atoms with E-state index in [0.29, 0.717) is 0 Å². The van der Waals surface area contributed by atoms with Gasteiger partial charge >= 0.3 is 5.97 Å². The second-order valence-electron chi connectivity index (χ2n) is 5.55. The maximum Gasteiger partial charge on any atom is 0.368 e. The van der Waals surface area contributed by atoms with Gasteiger partial charge in [-0.3, -0.25) is 4.79 Å². The number of hydrogen-bond donors (Lipinski definition) is 5. The lowest BCUT2D eigenvalue weighted by Crippen LogP contribution is -2.61. The van der Waals surface area contributed by atoms with Crippen LogP contribution in [0.3, 0.4) is 0 Å². The van der Waals surface area contributed by atoms with Crippen LogP contribution < -0.4 is 5.32 Å². The molecule has 1 heterocycles. The molecule has 5 atom stereocenters. The smallest absolute Gasteiger partial charge is 0.368 e. The summed E-state index contributed by atoms with van der Waals surface area (Å²) in [4.78, 5) is 22.8. The molecule has 1 rings (SSSR count). The van der Waals surface area contributed by atoms with Crippen molar-refractivity contribution >= 4 is 11.9 Å². The highest BCUT2D eigenvalue weighted by molar-refractivity contribution is 5.79. The van der Waals surface area contributed by atoms with Gasteiger partial charge in [0.05, 0.1) is 18.8 Å². The SMILES string of the molecule is CC(=O)N[C@@H]1C=CC(OC(C)C)(C(=O)O)O[C@H]1[C@H](O)[C@@H](O)CO. The van der Waals surface area contributed by atoms with E-state index in [0.717, 1.165) is 6.08 Å². The fourth-order valence-corrected chi connectivity index (χ4v) is 2.22. The maximum atomic E-state index is 11.6. The zero-order valence-electron chi connectivity index (χ0n) is 13.2. The summed E-state index contributed by atoms with van der Waals surface area (Å²) in [6.45, 7) is 3.69. The molecule has 23 heavy (non-hydrogen) atoms. The van der Waals surface area contributed by atoms with E-state index in [-0.39, 0.29) is 0 Å². The number of rotatable bonds is 7. The van der Waals surface area contributed by atoms with Crippen molar-refractivity contribution in [3.63, 3.8) is 0 Å². The number of carbonyl (C=O) groups excluding carboxylic acids is 1. The first-order valence-corrected chi connectivity index (χ1v) is 7.15. The van der Waals surface area contributed by atoms with Crippen molar-refractivity contribution in [2.24, 2.45) is 0 Å². The molecule has 132 valence electrons. The average molecular weight is 333 g/mol. The minimum absolute atomic E-state index is 0.438. The third-order valence-electron chi connectivity index (χ3n) is 3.18. The number of aliphatic carboxylic acids is 1. The third kappa shape index (κ3) is 4.72. The Bertz CT molecular complexity index is 466. The summed E-state index contributed by atoms with van der Waals surface area (Å²) in [6.07, 6.45) is -2.61. The predicted octanol–water partition coefficient (Wildman–Crippen LogP) is -1.63. The molecule has 0 aliphatic carbocycles. The molecule has 9 nitrogen and oxygen atoms in total. The Labute approximate surface area is 133 Å². The summed E-state index contributed by atoms with van der Waals surface area (Å²) < 4.78 is 10.7. The number of nitrogens with one attached hydrogen (secondary N) is 1. The van der Waals surface area contributed by atoms with Crippen molar-refractivity contribution in [3.05, 3.63) is 12.2 Å². The second-order valence-corrected chi connectivity index (χ2v) is 5.55. The van der Waals surface area contributed by atoms with Crippen molar-refractivity contribution in [1.82, 2.24) is 5.32 Å². The number of amides is 1. The number of hydrogen-bond acceptors (Lipinski definition) is 7. The standard InChI is InChI=1S/C14H23NO8/c1-7(2)22-14(13(20)21)5-4-9(15-8(3)17)12(23-14)11(19)10(18)6-16/h4-5,7,9-12,16,18-19H,6H2,1-3H3,(H,15,17)(H,20,21)/t9-,10+,11-,12-,14?/m1/s1. The molecule has 0 aromatic heterocycles. The Balaban J connectivity index is 3.18. The topological polar surface area (TPSA) is 146 Å². The molecule has 0 radical (unpaired) electrons. The van der Waals surface area contributed by atoms with E-state index in [1.165, 1.54) is 13.0 Å². The highest BCUT2D eigenvalue weighted by atomic mass is 16.7. The summed E-state index contributed by atoms with van der Waals surface area (Å²) in [7, 11) is 0. The van der Waals surface area contributed by atoms with E-state index in [4.69, 9.17) is 14.6 Å². The second kappa shape index (κ2) is 7.84. The highest BCUT2D eigenvalue weighted by Crippen LogP contribution is 2.29. The van der Waals surface area contributed by atoms with Crippen LogP contribution in [0.1, 0.15) is 20.8 Å². The lowest BCUT2D eigenvalue weighted by Gasteiger charge is -2.41. The van der Waals surface area contributed by atoms with Crippen LogP contribution in [0.25, 0.3) is 0 Å². The number of aliphatic hydroxyl groups is 3. The first kappa shape index (κ1) is 19.5. The van der Waals surface area contributed by atoms with Gasteiger partial charge in [-0.05, 0) is 19.9 Å². The van der Waals surface area contributed by atoms with Gasteiger partial charge in [0.2, 0.25) is 5.91 Å². The molecule has 5 N–H and O–H groups in total. The van der Waals surface area contributed by atoms with Crippen molar-refractivity contribution in [2.75, 3.05) is 6.61 Å². The van der Waals surface area contributed by atoms with Crippen LogP contribution in [-0.2, 0) is 19.1 Å². The van der Waals surface area contributed by atoms with Crippen LogP contribution in [0.15, 0.2) is 12.2 Å². The number of aliphatic hydroxyl groups excluding tert-OH is 3. The maximum absolute atomic E-state index is 11.6. The molecule has 0 aromatic carbocycles. The molecule has 0 bridgehead atoms.